The minimum Gasteiger partial charge on any atom is -0.475 e. The highest BCUT2D eigenvalue weighted by atomic mass is 79.9. The summed E-state index contributed by atoms with van der Waals surface area (Å²) in [4.78, 5) is 10.8. The van der Waals surface area contributed by atoms with E-state index in [0.29, 0.717) is 25.0 Å². The number of ether oxygens (including phenoxy) is 2. The lowest BCUT2D eigenvalue weighted by Crippen LogP contribution is -2.25. The van der Waals surface area contributed by atoms with Gasteiger partial charge in [-0.1, -0.05) is 15.9 Å². The third-order valence-corrected chi connectivity index (χ3v) is 2.63. The van der Waals surface area contributed by atoms with Crippen LogP contribution in [0.15, 0.2) is 6.07 Å². The van der Waals surface area contributed by atoms with E-state index in [1.54, 1.807) is 0 Å². The second-order valence-electron chi connectivity index (χ2n) is 4.54. The number of aromatic nitrogens is 2. The van der Waals surface area contributed by atoms with Crippen molar-refractivity contribution in [2.24, 2.45) is 0 Å². The molecule has 1 heterocycles. The summed E-state index contributed by atoms with van der Waals surface area (Å²) < 4.78 is 11.0. The molecule has 0 aliphatic heterocycles. The van der Waals surface area contributed by atoms with Crippen molar-refractivity contribution in [3.8, 4) is 5.88 Å². The van der Waals surface area contributed by atoms with Gasteiger partial charge in [0.25, 0.3) is 0 Å². The minimum absolute atomic E-state index is 0.106. The molecule has 0 amide bonds. The monoisotopic (exact) mass is 331 g/mol. The summed E-state index contributed by atoms with van der Waals surface area (Å²) in [5, 5.41) is 0.851. The van der Waals surface area contributed by atoms with Crippen molar-refractivity contribution < 1.29 is 9.47 Å². The maximum absolute atomic E-state index is 5.61. The van der Waals surface area contributed by atoms with Crippen molar-refractivity contribution in [2.75, 3.05) is 37.0 Å². The fourth-order valence-electron chi connectivity index (χ4n) is 1.46. The molecule has 0 bridgehead atoms. The van der Waals surface area contributed by atoms with E-state index in [1.807, 2.05) is 38.8 Å². The first kappa shape index (κ1) is 16.2. The lowest BCUT2D eigenvalue weighted by atomic mass is 10.4. The molecule has 0 atom stereocenters. The number of likely N-dealkylation sites (N-methyl/N-ethyl adjacent to an activating group) is 1. The van der Waals surface area contributed by atoms with Crippen molar-refractivity contribution >= 4 is 21.9 Å². The van der Waals surface area contributed by atoms with E-state index in [-0.39, 0.29) is 6.10 Å². The van der Waals surface area contributed by atoms with E-state index in [9.17, 15) is 0 Å². The summed E-state index contributed by atoms with van der Waals surface area (Å²) in [5.74, 6) is 1.28. The van der Waals surface area contributed by atoms with Gasteiger partial charge in [0.2, 0.25) is 11.8 Å². The zero-order chi connectivity index (χ0) is 14.3. The van der Waals surface area contributed by atoms with Gasteiger partial charge in [-0.2, -0.15) is 4.98 Å². The highest BCUT2D eigenvalue weighted by Gasteiger charge is 2.09. The summed E-state index contributed by atoms with van der Waals surface area (Å²) in [7, 11) is 1.95. The number of alkyl halides is 1. The molecule has 0 spiro atoms. The van der Waals surface area contributed by atoms with Crippen molar-refractivity contribution in [2.45, 2.75) is 26.9 Å². The van der Waals surface area contributed by atoms with E-state index in [2.05, 4.69) is 25.9 Å². The lowest BCUT2D eigenvalue weighted by molar-refractivity contribution is 0.157. The number of nitrogens with zero attached hydrogens (tertiary/aromatic N) is 3. The number of halogens is 1. The molecule has 108 valence electrons. The summed E-state index contributed by atoms with van der Waals surface area (Å²) in [6.07, 6.45) is 0.106. The number of hydrogen-bond acceptors (Lipinski definition) is 5. The summed E-state index contributed by atoms with van der Waals surface area (Å²) in [6.45, 7) is 8.01. The van der Waals surface area contributed by atoms with E-state index in [0.717, 1.165) is 17.6 Å². The predicted octanol–water partition coefficient (Wildman–Crippen LogP) is 2.42. The molecule has 0 fully saturated rings. The Labute approximate surface area is 123 Å². The molecule has 0 radical (unpaired) electrons. The summed E-state index contributed by atoms with van der Waals surface area (Å²) >= 11 is 3.32. The third kappa shape index (κ3) is 6.20. The Morgan fingerprint density at radius 2 is 2.05 bits per heavy atom. The quantitative estimate of drug-likeness (QED) is 0.540. The van der Waals surface area contributed by atoms with Gasteiger partial charge in [-0.25, -0.2) is 4.98 Å². The number of aryl methyl sites for hydroxylation is 1. The molecule has 19 heavy (non-hydrogen) atoms. The molecule has 0 saturated carbocycles. The van der Waals surface area contributed by atoms with Crippen LogP contribution in [0.4, 0.5) is 5.95 Å². The second kappa shape index (κ2) is 8.32. The Kier molecular flexibility index (Phi) is 7.09. The van der Waals surface area contributed by atoms with Gasteiger partial charge in [-0.3, -0.25) is 0 Å². The van der Waals surface area contributed by atoms with Gasteiger partial charge < -0.3 is 14.4 Å². The van der Waals surface area contributed by atoms with Crippen LogP contribution >= 0.6 is 15.9 Å². The van der Waals surface area contributed by atoms with Crippen LogP contribution in [-0.2, 0) is 4.74 Å². The Balaban J connectivity index is 2.62. The van der Waals surface area contributed by atoms with Gasteiger partial charge >= 0.3 is 0 Å². The van der Waals surface area contributed by atoms with E-state index < -0.39 is 0 Å². The van der Waals surface area contributed by atoms with Gasteiger partial charge in [0.1, 0.15) is 0 Å². The molecular formula is C13H22BrN3O2. The molecule has 1 rings (SSSR count). The van der Waals surface area contributed by atoms with Gasteiger partial charge in [-0.15, -0.1) is 0 Å². The Morgan fingerprint density at radius 1 is 1.32 bits per heavy atom. The SMILES string of the molecule is Cc1cc(OC(C)C)nc(N(C)CCOCCBr)n1. The van der Waals surface area contributed by atoms with Crippen molar-refractivity contribution in [3.63, 3.8) is 0 Å². The molecule has 1 aromatic heterocycles. The van der Waals surface area contributed by atoms with Gasteiger partial charge in [0.05, 0.1) is 19.3 Å². The van der Waals surface area contributed by atoms with Crippen molar-refractivity contribution in [1.29, 1.82) is 0 Å². The van der Waals surface area contributed by atoms with Gasteiger partial charge in [0.15, 0.2) is 0 Å². The first-order chi connectivity index (χ1) is 9.02. The highest BCUT2D eigenvalue weighted by Crippen LogP contribution is 2.15. The van der Waals surface area contributed by atoms with Crippen molar-refractivity contribution in [1.82, 2.24) is 9.97 Å². The van der Waals surface area contributed by atoms with Crippen LogP contribution in [0, 0.1) is 6.92 Å². The average molecular weight is 332 g/mol. The molecule has 0 unspecified atom stereocenters. The molecule has 6 heteroatoms. The molecule has 0 aromatic carbocycles. The Morgan fingerprint density at radius 3 is 2.68 bits per heavy atom. The van der Waals surface area contributed by atoms with Gasteiger partial charge in [-0.05, 0) is 20.8 Å². The number of anilines is 1. The van der Waals surface area contributed by atoms with Crippen LogP contribution in [0.2, 0.25) is 0 Å². The van der Waals surface area contributed by atoms with E-state index in [1.165, 1.54) is 0 Å². The average Bonchev–Trinajstić information content (AvgIpc) is 2.32. The van der Waals surface area contributed by atoms with Crippen LogP contribution in [-0.4, -0.2) is 48.2 Å². The Bertz CT molecular complexity index is 388. The van der Waals surface area contributed by atoms with Crippen LogP contribution in [0.1, 0.15) is 19.5 Å². The summed E-state index contributed by atoms with van der Waals surface area (Å²) in [6, 6.07) is 1.85. The van der Waals surface area contributed by atoms with Crippen LogP contribution in [0.3, 0.4) is 0 Å². The normalized spacial score (nSPS) is 10.8. The second-order valence-corrected chi connectivity index (χ2v) is 5.33. The highest BCUT2D eigenvalue weighted by molar-refractivity contribution is 9.09. The van der Waals surface area contributed by atoms with E-state index in [4.69, 9.17) is 9.47 Å². The largest absolute Gasteiger partial charge is 0.475 e. The topological polar surface area (TPSA) is 47.5 Å². The van der Waals surface area contributed by atoms with Crippen LogP contribution < -0.4 is 9.64 Å². The maximum atomic E-state index is 5.61. The first-order valence-corrected chi connectivity index (χ1v) is 7.52. The molecule has 1 aromatic rings. The predicted molar refractivity (Wildman–Crippen MR) is 80.4 cm³/mol. The first-order valence-electron chi connectivity index (χ1n) is 6.40. The smallest absolute Gasteiger partial charge is 0.228 e. The minimum atomic E-state index is 0.106. The van der Waals surface area contributed by atoms with Crippen LogP contribution in [0.25, 0.3) is 0 Å². The molecule has 0 N–H and O–H groups in total. The molecular weight excluding hydrogens is 310 g/mol. The van der Waals surface area contributed by atoms with E-state index >= 15 is 0 Å². The number of hydrogen-bond donors (Lipinski definition) is 0. The maximum Gasteiger partial charge on any atom is 0.228 e. The molecule has 0 saturated heterocycles. The molecule has 5 nitrogen and oxygen atoms in total. The lowest BCUT2D eigenvalue weighted by Gasteiger charge is -2.18. The summed E-state index contributed by atoms with van der Waals surface area (Å²) in [5.41, 5.74) is 0.897. The number of rotatable bonds is 8. The van der Waals surface area contributed by atoms with Gasteiger partial charge in [0, 0.05) is 30.7 Å². The zero-order valence-electron chi connectivity index (χ0n) is 12.0. The Hall–Kier alpha value is -0.880. The third-order valence-electron chi connectivity index (χ3n) is 2.31. The fourth-order valence-corrected chi connectivity index (χ4v) is 1.68. The standard InChI is InChI=1S/C13H22BrN3O2/c1-10(2)19-12-9-11(3)15-13(16-12)17(4)6-8-18-7-5-14/h9-10H,5-8H2,1-4H3. The molecule has 0 aliphatic carbocycles. The fraction of sp³-hybridized carbons (Fsp3) is 0.692. The zero-order valence-corrected chi connectivity index (χ0v) is 13.6. The van der Waals surface area contributed by atoms with Crippen molar-refractivity contribution in [3.05, 3.63) is 11.8 Å². The van der Waals surface area contributed by atoms with Crippen LogP contribution in [0.5, 0.6) is 5.88 Å². The molecule has 0 aliphatic rings.